The summed E-state index contributed by atoms with van der Waals surface area (Å²) in [6, 6.07) is 6.28. The molecule has 7 heteroatoms. The van der Waals surface area contributed by atoms with Gasteiger partial charge in [-0.2, -0.15) is 16.9 Å². The number of hydrogen-bond acceptors (Lipinski definition) is 6. The Balaban J connectivity index is 0.00000379. The van der Waals surface area contributed by atoms with Gasteiger partial charge < -0.3 is 14.6 Å². The van der Waals surface area contributed by atoms with Gasteiger partial charge in [0, 0.05) is 29.7 Å². The Morgan fingerprint density at radius 2 is 1.86 bits per heavy atom. The molecule has 0 aromatic heterocycles. The number of carboxylic acid groups (broad SMARTS) is 1. The van der Waals surface area contributed by atoms with Gasteiger partial charge in [-0.05, 0) is 37.3 Å². The van der Waals surface area contributed by atoms with E-state index in [0.717, 1.165) is 17.9 Å². The summed E-state index contributed by atoms with van der Waals surface area (Å²) in [5.74, 6) is 1.90. The molecule has 0 aliphatic heterocycles. The lowest BCUT2D eigenvalue weighted by Crippen LogP contribution is -2.04. The van der Waals surface area contributed by atoms with E-state index in [1.54, 1.807) is 30.1 Å². The van der Waals surface area contributed by atoms with Gasteiger partial charge in [-0.1, -0.05) is 32.9 Å². The number of nitrogens with zero attached hydrogens (tertiary/aromatic N) is 2. The largest absolute Gasteiger partial charge is 0.497 e. The number of aromatic carboxylic acids is 1. The molecular formula is C22H32N2O4S. The van der Waals surface area contributed by atoms with E-state index in [-0.39, 0.29) is 5.56 Å². The van der Waals surface area contributed by atoms with Crippen molar-refractivity contribution in [2.75, 3.05) is 25.2 Å². The van der Waals surface area contributed by atoms with Crippen LogP contribution in [0.3, 0.4) is 0 Å². The highest BCUT2D eigenvalue weighted by molar-refractivity contribution is 7.99. The molecule has 0 unspecified atom stereocenters. The second kappa shape index (κ2) is 17.6. The molecule has 6 nitrogen and oxygen atoms in total. The summed E-state index contributed by atoms with van der Waals surface area (Å²) >= 11 is 1.69. The van der Waals surface area contributed by atoms with Crippen LogP contribution in [-0.2, 0) is 9.47 Å². The van der Waals surface area contributed by atoms with E-state index in [0.29, 0.717) is 23.8 Å². The number of rotatable bonds is 11. The Bertz CT molecular complexity index is 695. The maximum atomic E-state index is 10.9. The summed E-state index contributed by atoms with van der Waals surface area (Å²) in [7, 11) is 1.50. The molecule has 0 saturated carbocycles. The molecule has 0 spiro atoms. The van der Waals surface area contributed by atoms with Gasteiger partial charge in [0.05, 0.1) is 25.0 Å². The van der Waals surface area contributed by atoms with Crippen LogP contribution in [0.5, 0.6) is 0 Å². The number of methoxy groups -OCH3 is 1. The Morgan fingerprint density at radius 3 is 2.41 bits per heavy atom. The number of thioether (sulfide) groups is 1. The smallest absolute Gasteiger partial charge is 0.335 e. The van der Waals surface area contributed by atoms with Crippen molar-refractivity contribution in [2.24, 2.45) is 10.2 Å². The lowest BCUT2D eigenvalue weighted by molar-refractivity contribution is 0.0697. The third-order valence-corrected chi connectivity index (χ3v) is 4.17. The molecule has 0 aliphatic rings. The van der Waals surface area contributed by atoms with Gasteiger partial charge in [0.2, 0.25) is 5.90 Å². The Hall–Kier alpha value is -2.54. The monoisotopic (exact) mass is 420 g/mol. The molecule has 1 aromatic rings. The van der Waals surface area contributed by atoms with Crippen LogP contribution in [0.15, 0.2) is 58.5 Å². The van der Waals surface area contributed by atoms with Gasteiger partial charge in [0.1, 0.15) is 0 Å². The number of carbonyl (C=O) groups is 1. The van der Waals surface area contributed by atoms with Crippen molar-refractivity contribution in [3.63, 3.8) is 0 Å². The lowest BCUT2D eigenvalue weighted by atomic mass is 10.1. The quantitative estimate of drug-likeness (QED) is 0.129. The minimum atomic E-state index is -0.972. The first kappa shape index (κ1) is 26.5. The summed E-state index contributed by atoms with van der Waals surface area (Å²) in [5, 5.41) is 17.0. The fraction of sp³-hybridized carbons (Fsp3) is 0.409. The zero-order valence-corrected chi connectivity index (χ0v) is 18.7. The Labute approximate surface area is 178 Å². The molecule has 0 saturated heterocycles. The Morgan fingerprint density at radius 1 is 1.21 bits per heavy atom. The first-order valence-electron chi connectivity index (χ1n) is 9.62. The minimum absolute atomic E-state index is 0.211. The zero-order valence-electron chi connectivity index (χ0n) is 17.9. The van der Waals surface area contributed by atoms with Crippen LogP contribution in [0, 0.1) is 0 Å². The van der Waals surface area contributed by atoms with Gasteiger partial charge in [0.15, 0.2) is 0 Å². The molecule has 29 heavy (non-hydrogen) atoms. The molecule has 0 radical (unpaired) electrons. The summed E-state index contributed by atoms with van der Waals surface area (Å²) in [4.78, 5) is 10.9. The normalized spacial score (nSPS) is 12.0. The molecule has 1 aromatic carbocycles. The lowest BCUT2D eigenvalue weighted by Gasteiger charge is -2.07. The predicted octanol–water partition coefficient (Wildman–Crippen LogP) is 5.41. The number of hydrogen-bond donors (Lipinski definition) is 1. The minimum Gasteiger partial charge on any atom is -0.497 e. The van der Waals surface area contributed by atoms with Gasteiger partial charge in [0.25, 0.3) is 0 Å². The third-order valence-electron chi connectivity index (χ3n) is 3.33. The molecule has 0 amide bonds. The molecule has 1 rings (SSSR count). The highest BCUT2D eigenvalue weighted by Gasteiger charge is 2.06. The molecule has 0 heterocycles. The topological polar surface area (TPSA) is 80.5 Å². The van der Waals surface area contributed by atoms with Crippen LogP contribution >= 0.6 is 11.8 Å². The van der Waals surface area contributed by atoms with Crippen molar-refractivity contribution in [2.45, 2.75) is 34.1 Å². The van der Waals surface area contributed by atoms with Crippen molar-refractivity contribution < 1.29 is 19.4 Å². The van der Waals surface area contributed by atoms with E-state index in [9.17, 15) is 4.79 Å². The summed E-state index contributed by atoms with van der Waals surface area (Å²) in [6.07, 6.45) is 8.50. The van der Waals surface area contributed by atoms with Gasteiger partial charge in [-0.3, -0.25) is 0 Å². The molecule has 0 atom stereocenters. The summed E-state index contributed by atoms with van der Waals surface area (Å²) < 4.78 is 10.9. The molecule has 1 N–H and O–H groups in total. The van der Waals surface area contributed by atoms with E-state index in [2.05, 4.69) is 17.1 Å². The average molecular weight is 421 g/mol. The molecule has 0 fully saturated rings. The van der Waals surface area contributed by atoms with Gasteiger partial charge >= 0.3 is 5.97 Å². The van der Waals surface area contributed by atoms with Crippen LogP contribution in [0.1, 0.15) is 50.0 Å². The van der Waals surface area contributed by atoms with Crippen LogP contribution in [0.25, 0.3) is 0 Å². The van der Waals surface area contributed by atoms with Gasteiger partial charge in [-0.25, -0.2) is 4.79 Å². The fourth-order valence-electron chi connectivity index (χ4n) is 1.94. The van der Waals surface area contributed by atoms with Gasteiger partial charge in [-0.15, -0.1) is 5.10 Å². The van der Waals surface area contributed by atoms with Crippen molar-refractivity contribution in [1.29, 1.82) is 0 Å². The van der Waals surface area contributed by atoms with Crippen LogP contribution in [0.2, 0.25) is 0 Å². The van der Waals surface area contributed by atoms with E-state index in [4.69, 9.17) is 14.6 Å². The van der Waals surface area contributed by atoms with Crippen LogP contribution in [0.4, 0.5) is 0 Å². The maximum Gasteiger partial charge on any atom is 0.335 e. The summed E-state index contributed by atoms with van der Waals surface area (Å²) in [5.41, 5.74) is 0.879. The van der Waals surface area contributed by atoms with Crippen molar-refractivity contribution in [3.05, 3.63) is 59.4 Å². The standard InChI is InChI=1S/C20H26N2O4S.C2H6/c1-4-6-7-18(5-2)26-13-15-27-14-12-21-22-19(25-3)16-8-10-17(11-9-16)20(23)24;1-2/h4,6-12H,5,13-15H2,1-3H3,(H,23,24);1-2H3/b6-4-,18-7+,21-12+,22-19-;. The third kappa shape index (κ3) is 11.8. The molecule has 0 aliphatic carbocycles. The first-order chi connectivity index (χ1) is 14.1. The molecular weight excluding hydrogens is 388 g/mol. The van der Waals surface area contributed by atoms with E-state index in [1.165, 1.54) is 19.2 Å². The highest BCUT2D eigenvalue weighted by atomic mass is 32.2. The average Bonchev–Trinajstić information content (AvgIpc) is 2.76. The van der Waals surface area contributed by atoms with Crippen molar-refractivity contribution in [1.82, 2.24) is 0 Å². The summed E-state index contributed by atoms with van der Waals surface area (Å²) in [6.45, 7) is 8.69. The molecule has 160 valence electrons. The molecule has 0 bridgehead atoms. The Kier molecular flexibility index (Phi) is 16.0. The highest BCUT2D eigenvalue weighted by Crippen LogP contribution is 2.08. The zero-order chi connectivity index (χ0) is 21.9. The van der Waals surface area contributed by atoms with E-state index >= 15 is 0 Å². The second-order valence-corrected chi connectivity index (χ2v) is 6.38. The fourth-order valence-corrected chi connectivity index (χ4v) is 2.48. The maximum absolute atomic E-state index is 10.9. The van der Waals surface area contributed by atoms with E-state index < -0.39 is 5.97 Å². The van der Waals surface area contributed by atoms with Crippen molar-refractivity contribution in [3.8, 4) is 0 Å². The predicted molar refractivity (Wildman–Crippen MR) is 123 cm³/mol. The number of benzene rings is 1. The second-order valence-electron chi connectivity index (χ2n) is 5.23. The number of carboxylic acids is 1. The van der Waals surface area contributed by atoms with E-state index in [1.807, 2.05) is 39.0 Å². The SMILES string of the molecule is C/C=C\C=C(/CC)OCCSC/C=N/N=C(\OC)c1ccc(C(=O)O)cc1.CC. The van der Waals surface area contributed by atoms with Crippen LogP contribution < -0.4 is 0 Å². The van der Waals surface area contributed by atoms with Crippen LogP contribution in [-0.4, -0.2) is 48.4 Å². The first-order valence-corrected chi connectivity index (χ1v) is 10.8. The number of allylic oxidation sites excluding steroid dienone is 4. The van der Waals surface area contributed by atoms with Crippen molar-refractivity contribution >= 4 is 29.8 Å². The number of ether oxygens (including phenoxy) is 2.